The molecule has 3 N–H and O–H groups in total. The Hall–Kier alpha value is -1.55. The van der Waals surface area contributed by atoms with Gasteiger partial charge in [0.05, 0.1) is 11.6 Å². The maximum absolute atomic E-state index is 11.9. The lowest BCUT2D eigenvalue weighted by Gasteiger charge is -2.34. The second kappa shape index (κ2) is 5.83. The third kappa shape index (κ3) is 4.53. The van der Waals surface area contributed by atoms with Crippen LogP contribution in [0.2, 0.25) is 0 Å². The smallest absolute Gasteiger partial charge is 0.408 e. The summed E-state index contributed by atoms with van der Waals surface area (Å²) in [6, 6.07) is 7.61. The Morgan fingerprint density at radius 1 is 1.20 bits per heavy atom. The van der Waals surface area contributed by atoms with Gasteiger partial charge in [0.25, 0.3) is 0 Å². The number of nitrogens with one attached hydrogen (secondary N) is 1. The van der Waals surface area contributed by atoms with Crippen molar-refractivity contribution in [3.63, 3.8) is 0 Å². The number of carbonyl (C=O) groups is 1. The van der Waals surface area contributed by atoms with Gasteiger partial charge in [0.2, 0.25) is 0 Å². The zero-order valence-electron chi connectivity index (χ0n) is 13.3. The van der Waals surface area contributed by atoms with E-state index in [0.717, 1.165) is 11.1 Å². The average Bonchev–Trinajstić information content (AvgIpc) is 2.25. The molecular weight excluding hydrogens is 252 g/mol. The van der Waals surface area contributed by atoms with E-state index in [1.807, 2.05) is 65.8 Å². The number of alkyl carbamates (subject to hydrolysis) is 1. The first-order valence-corrected chi connectivity index (χ1v) is 6.85. The summed E-state index contributed by atoms with van der Waals surface area (Å²) in [7, 11) is 0. The molecule has 0 aliphatic carbocycles. The fourth-order valence-corrected chi connectivity index (χ4v) is 1.97. The quantitative estimate of drug-likeness (QED) is 0.891. The molecule has 0 heterocycles. The summed E-state index contributed by atoms with van der Waals surface area (Å²) in [6.07, 6.45) is -0.452. The molecule has 0 spiro atoms. The molecule has 4 heteroatoms. The fraction of sp³-hybridized carbons (Fsp3) is 0.562. The summed E-state index contributed by atoms with van der Waals surface area (Å²) in [5, 5.41) is 2.85. The fourth-order valence-electron chi connectivity index (χ4n) is 1.97. The number of carbonyl (C=O) groups excluding carboxylic acids is 1. The highest BCUT2D eigenvalue weighted by molar-refractivity contribution is 5.69. The number of nitrogens with two attached hydrogens (primary N) is 1. The van der Waals surface area contributed by atoms with Crippen LogP contribution < -0.4 is 11.1 Å². The van der Waals surface area contributed by atoms with Gasteiger partial charge in [-0.25, -0.2) is 4.79 Å². The standard InChI is InChI=1S/C16H26N2O2/c1-11-9-7-8-10-12(11)13(17)16(5,6)18-14(19)20-15(2,3)4/h7-10,13H,17H2,1-6H3,(H,18,19). The van der Waals surface area contributed by atoms with Gasteiger partial charge >= 0.3 is 6.09 Å². The van der Waals surface area contributed by atoms with Gasteiger partial charge in [-0.3, -0.25) is 0 Å². The van der Waals surface area contributed by atoms with Gasteiger partial charge in [0, 0.05) is 0 Å². The Morgan fingerprint density at radius 3 is 2.25 bits per heavy atom. The Kier molecular flexibility index (Phi) is 4.81. The lowest BCUT2D eigenvalue weighted by atomic mass is 9.87. The van der Waals surface area contributed by atoms with Crippen molar-refractivity contribution in [2.75, 3.05) is 0 Å². The minimum atomic E-state index is -0.603. The van der Waals surface area contributed by atoms with Crippen molar-refractivity contribution >= 4 is 6.09 Å². The number of aryl methyl sites for hydroxylation is 1. The van der Waals surface area contributed by atoms with E-state index in [9.17, 15) is 4.79 Å². The van der Waals surface area contributed by atoms with Crippen LogP contribution in [0.15, 0.2) is 24.3 Å². The van der Waals surface area contributed by atoms with Gasteiger partial charge in [0.1, 0.15) is 5.60 Å². The molecule has 0 saturated carbocycles. The summed E-state index contributed by atoms with van der Waals surface area (Å²) in [6.45, 7) is 11.3. The van der Waals surface area contributed by atoms with Crippen molar-refractivity contribution in [2.24, 2.45) is 5.73 Å². The molecule has 1 rings (SSSR count). The molecule has 0 aliphatic heterocycles. The maximum Gasteiger partial charge on any atom is 0.408 e. The molecule has 1 amide bonds. The Bertz CT molecular complexity index is 476. The van der Waals surface area contributed by atoms with Crippen LogP contribution in [0.3, 0.4) is 0 Å². The lowest BCUT2D eigenvalue weighted by Crippen LogP contribution is -2.52. The predicted octanol–water partition coefficient (Wildman–Crippen LogP) is 3.30. The number of amides is 1. The number of ether oxygens (including phenoxy) is 1. The van der Waals surface area contributed by atoms with Crippen molar-refractivity contribution < 1.29 is 9.53 Å². The SMILES string of the molecule is Cc1ccccc1C(N)C(C)(C)NC(=O)OC(C)(C)C. The largest absolute Gasteiger partial charge is 0.444 e. The monoisotopic (exact) mass is 278 g/mol. The van der Waals surface area contributed by atoms with Crippen LogP contribution in [0.1, 0.15) is 51.8 Å². The van der Waals surface area contributed by atoms with E-state index in [1.54, 1.807) is 0 Å². The zero-order chi connectivity index (χ0) is 15.6. The molecule has 0 fully saturated rings. The Morgan fingerprint density at radius 2 is 1.75 bits per heavy atom. The average molecular weight is 278 g/mol. The third-order valence-corrected chi connectivity index (χ3v) is 3.12. The highest BCUT2D eigenvalue weighted by Gasteiger charge is 2.32. The van der Waals surface area contributed by atoms with Crippen LogP contribution in [0.4, 0.5) is 4.79 Å². The molecule has 1 aromatic carbocycles. The number of hydrogen-bond acceptors (Lipinski definition) is 3. The first-order chi connectivity index (χ1) is 9.03. The molecule has 1 aromatic rings. The van der Waals surface area contributed by atoms with Crippen molar-refractivity contribution in [2.45, 2.75) is 58.7 Å². The van der Waals surface area contributed by atoms with Crippen LogP contribution >= 0.6 is 0 Å². The second-order valence-corrected chi connectivity index (χ2v) is 6.68. The molecule has 112 valence electrons. The molecular formula is C16H26N2O2. The van der Waals surface area contributed by atoms with E-state index in [1.165, 1.54) is 0 Å². The Labute approximate surface area is 121 Å². The minimum absolute atomic E-state index is 0.309. The normalized spacial score (nSPS) is 13.8. The van der Waals surface area contributed by atoms with Crippen molar-refractivity contribution in [1.82, 2.24) is 5.32 Å². The zero-order valence-corrected chi connectivity index (χ0v) is 13.3. The molecule has 0 saturated heterocycles. The van der Waals surface area contributed by atoms with Crippen LogP contribution in [0.25, 0.3) is 0 Å². The molecule has 0 aromatic heterocycles. The van der Waals surface area contributed by atoms with Crippen molar-refractivity contribution in [3.8, 4) is 0 Å². The summed E-state index contributed by atoms with van der Waals surface area (Å²) in [5.41, 5.74) is 7.32. The summed E-state index contributed by atoms with van der Waals surface area (Å²) in [4.78, 5) is 11.9. The van der Waals surface area contributed by atoms with Gasteiger partial charge < -0.3 is 15.8 Å². The molecule has 0 radical (unpaired) electrons. The first kappa shape index (κ1) is 16.5. The molecule has 1 atom stereocenters. The molecule has 20 heavy (non-hydrogen) atoms. The Balaban J connectivity index is 2.83. The molecule has 0 aliphatic rings. The minimum Gasteiger partial charge on any atom is -0.444 e. The lowest BCUT2D eigenvalue weighted by molar-refractivity contribution is 0.0458. The highest BCUT2D eigenvalue weighted by Crippen LogP contribution is 2.26. The van der Waals surface area contributed by atoms with E-state index in [-0.39, 0.29) is 6.04 Å². The van der Waals surface area contributed by atoms with E-state index < -0.39 is 17.2 Å². The predicted molar refractivity (Wildman–Crippen MR) is 81.6 cm³/mol. The first-order valence-electron chi connectivity index (χ1n) is 6.85. The summed E-state index contributed by atoms with van der Waals surface area (Å²) >= 11 is 0. The summed E-state index contributed by atoms with van der Waals surface area (Å²) in [5.74, 6) is 0. The molecule has 0 bridgehead atoms. The van der Waals surface area contributed by atoms with Crippen LogP contribution in [0.5, 0.6) is 0 Å². The second-order valence-electron chi connectivity index (χ2n) is 6.68. The van der Waals surface area contributed by atoms with Gasteiger partial charge in [0.15, 0.2) is 0 Å². The van der Waals surface area contributed by atoms with Gasteiger partial charge in [-0.1, -0.05) is 24.3 Å². The number of hydrogen-bond donors (Lipinski definition) is 2. The van der Waals surface area contributed by atoms with E-state index in [4.69, 9.17) is 10.5 Å². The van der Waals surface area contributed by atoms with E-state index >= 15 is 0 Å². The maximum atomic E-state index is 11.9. The van der Waals surface area contributed by atoms with Crippen LogP contribution in [-0.2, 0) is 4.74 Å². The van der Waals surface area contributed by atoms with Crippen molar-refractivity contribution in [1.29, 1.82) is 0 Å². The van der Waals surface area contributed by atoms with Gasteiger partial charge in [-0.05, 0) is 52.7 Å². The number of rotatable bonds is 3. The van der Waals surface area contributed by atoms with E-state index in [2.05, 4.69) is 5.32 Å². The third-order valence-electron chi connectivity index (χ3n) is 3.12. The summed E-state index contributed by atoms with van der Waals surface area (Å²) < 4.78 is 5.28. The van der Waals surface area contributed by atoms with Crippen LogP contribution in [0, 0.1) is 6.92 Å². The van der Waals surface area contributed by atoms with Crippen LogP contribution in [-0.4, -0.2) is 17.2 Å². The number of benzene rings is 1. The topological polar surface area (TPSA) is 64.3 Å². The van der Waals surface area contributed by atoms with Gasteiger partial charge in [-0.15, -0.1) is 0 Å². The van der Waals surface area contributed by atoms with Crippen molar-refractivity contribution in [3.05, 3.63) is 35.4 Å². The van der Waals surface area contributed by atoms with Gasteiger partial charge in [-0.2, -0.15) is 0 Å². The molecule has 1 unspecified atom stereocenters. The molecule has 4 nitrogen and oxygen atoms in total. The highest BCUT2D eigenvalue weighted by atomic mass is 16.6. The van der Waals surface area contributed by atoms with E-state index in [0.29, 0.717) is 0 Å².